The highest BCUT2D eigenvalue weighted by Gasteiger charge is 2.10. The number of hydrogen-bond donors (Lipinski definition) is 1. The second-order valence-electron chi connectivity index (χ2n) is 5.82. The fraction of sp³-hybridized carbons (Fsp3) is 0.100. The molecular formula is C20H16ClFN2O3. The third-order valence-corrected chi connectivity index (χ3v) is 4.22. The molecule has 0 atom stereocenters. The van der Waals surface area contributed by atoms with Gasteiger partial charge in [0.25, 0.3) is 11.5 Å². The molecule has 0 unspecified atom stereocenters. The first-order valence-corrected chi connectivity index (χ1v) is 8.44. The zero-order chi connectivity index (χ0) is 19.4. The molecule has 1 aromatic heterocycles. The Morgan fingerprint density at radius 3 is 2.56 bits per heavy atom. The summed E-state index contributed by atoms with van der Waals surface area (Å²) in [4.78, 5) is 24.5. The van der Waals surface area contributed by atoms with E-state index >= 15 is 0 Å². The summed E-state index contributed by atoms with van der Waals surface area (Å²) in [5.74, 6) is -0.277. The molecule has 0 fully saturated rings. The van der Waals surface area contributed by atoms with Crippen molar-refractivity contribution in [3.05, 3.63) is 93.1 Å². The van der Waals surface area contributed by atoms with Crippen molar-refractivity contribution in [2.45, 2.75) is 6.54 Å². The molecule has 1 N–H and O–H groups in total. The van der Waals surface area contributed by atoms with Gasteiger partial charge in [-0.3, -0.25) is 9.59 Å². The first-order valence-electron chi connectivity index (χ1n) is 8.06. The molecule has 2 aromatic carbocycles. The number of benzene rings is 2. The molecule has 1 heterocycles. The maximum absolute atomic E-state index is 13.2. The van der Waals surface area contributed by atoms with Gasteiger partial charge in [0, 0.05) is 18.0 Å². The van der Waals surface area contributed by atoms with Crippen molar-refractivity contribution in [1.82, 2.24) is 4.57 Å². The minimum atomic E-state index is -0.567. The highest BCUT2D eigenvalue weighted by molar-refractivity contribution is 6.31. The Morgan fingerprint density at radius 2 is 1.89 bits per heavy atom. The van der Waals surface area contributed by atoms with E-state index in [1.807, 2.05) is 12.1 Å². The fourth-order valence-corrected chi connectivity index (χ4v) is 2.67. The number of amides is 1. The number of nitrogens with one attached hydrogen (secondary N) is 1. The van der Waals surface area contributed by atoms with Crippen molar-refractivity contribution in [2.75, 3.05) is 12.4 Å². The summed E-state index contributed by atoms with van der Waals surface area (Å²) < 4.78 is 19.8. The summed E-state index contributed by atoms with van der Waals surface area (Å²) >= 11 is 5.72. The minimum absolute atomic E-state index is 0.0859. The van der Waals surface area contributed by atoms with Crippen LogP contribution in [0.3, 0.4) is 0 Å². The number of pyridine rings is 1. The number of carbonyl (C=O) groups excluding carboxylic acids is 1. The van der Waals surface area contributed by atoms with Crippen LogP contribution < -0.4 is 15.6 Å². The van der Waals surface area contributed by atoms with Crippen LogP contribution in [0.1, 0.15) is 15.9 Å². The zero-order valence-corrected chi connectivity index (χ0v) is 15.2. The number of nitrogens with zero attached hydrogens (tertiary/aromatic N) is 1. The van der Waals surface area contributed by atoms with E-state index in [1.54, 1.807) is 19.2 Å². The van der Waals surface area contributed by atoms with Gasteiger partial charge in [0.15, 0.2) is 0 Å². The van der Waals surface area contributed by atoms with Gasteiger partial charge in [-0.05, 0) is 42.0 Å². The molecule has 0 aliphatic rings. The molecule has 0 radical (unpaired) electrons. The summed E-state index contributed by atoms with van der Waals surface area (Å²) in [6.07, 6.45) is 1.48. The first-order chi connectivity index (χ1) is 13.0. The predicted octanol–water partition coefficient (Wildman–Crippen LogP) is 3.95. The molecule has 0 saturated heterocycles. The Kier molecular flexibility index (Phi) is 5.57. The topological polar surface area (TPSA) is 60.3 Å². The van der Waals surface area contributed by atoms with Gasteiger partial charge in [0.1, 0.15) is 11.6 Å². The molecule has 7 heteroatoms. The molecule has 0 bridgehead atoms. The lowest BCUT2D eigenvalue weighted by Gasteiger charge is -2.10. The second-order valence-corrected chi connectivity index (χ2v) is 6.22. The van der Waals surface area contributed by atoms with Crippen molar-refractivity contribution >= 4 is 23.2 Å². The van der Waals surface area contributed by atoms with Crippen LogP contribution in [0.25, 0.3) is 0 Å². The van der Waals surface area contributed by atoms with Crippen molar-refractivity contribution in [2.24, 2.45) is 0 Å². The quantitative estimate of drug-likeness (QED) is 0.722. The molecule has 5 nitrogen and oxygen atoms in total. The van der Waals surface area contributed by atoms with Crippen LogP contribution in [0.15, 0.2) is 65.6 Å². The van der Waals surface area contributed by atoms with E-state index in [1.165, 1.54) is 41.1 Å². The fourth-order valence-electron chi connectivity index (χ4n) is 2.49. The lowest BCUT2D eigenvalue weighted by molar-refractivity contribution is 0.102. The van der Waals surface area contributed by atoms with E-state index in [9.17, 15) is 14.0 Å². The van der Waals surface area contributed by atoms with Crippen LogP contribution >= 0.6 is 11.6 Å². The molecule has 138 valence electrons. The Balaban J connectivity index is 1.80. The molecule has 0 saturated carbocycles. The Bertz CT molecular complexity index is 1030. The number of aromatic nitrogens is 1. The number of methoxy groups -OCH3 is 1. The molecule has 0 aliphatic heterocycles. The standard InChI is InChI=1S/C20H16ClFN2O3/c1-27-16-6-2-13(3-7-16)11-24-12-14(4-9-19(24)25)20(26)23-15-5-8-18(22)17(21)10-15/h2-10,12H,11H2,1H3,(H,23,26). The number of anilines is 1. The molecule has 3 aromatic rings. The van der Waals surface area contributed by atoms with Gasteiger partial charge in [-0.15, -0.1) is 0 Å². The number of ether oxygens (including phenoxy) is 1. The van der Waals surface area contributed by atoms with Gasteiger partial charge in [0.2, 0.25) is 0 Å². The van der Waals surface area contributed by atoms with E-state index in [0.717, 1.165) is 11.3 Å². The Hall–Kier alpha value is -3.12. The summed E-state index contributed by atoms with van der Waals surface area (Å²) in [7, 11) is 1.58. The van der Waals surface area contributed by atoms with E-state index in [0.29, 0.717) is 17.8 Å². The monoisotopic (exact) mass is 386 g/mol. The minimum Gasteiger partial charge on any atom is -0.497 e. The van der Waals surface area contributed by atoms with Crippen LogP contribution in [-0.2, 0) is 6.54 Å². The largest absolute Gasteiger partial charge is 0.497 e. The summed E-state index contributed by atoms with van der Waals surface area (Å²) in [5, 5.41) is 2.54. The van der Waals surface area contributed by atoms with E-state index in [2.05, 4.69) is 5.32 Å². The van der Waals surface area contributed by atoms with Crippen molar-refractivity contribution in [1.29, 1.82) is 0 Å². The molecule has 0 spiro atoms. The lowest BCUT2D eigenvalue weighted by Crippen LogP contribution is -2.22. The maximum atomic E-state index is 13.2. The number of carbonyl (C=O) groups is 1. The van der Waals surface area contributed by atoms with Crippen LogP contribution in [-0.4, -0.2) is 17.6 Å². The summed E-state index contributed by atoms with van der Waals surface area (Å²) in [6, 6.07) is 14.0. The normalized spacial score (nSPS) is 10.5. The van der Waals surface area contributed by atoms with E-state index < -0.39 is 11.7 Å². The van der Waals surface area contributed by atoms with Gasteiger partial charge in [-0.25, -0.2) is 4.39 Å². The van der Waals surface area contributed by atoms with Crippen molar-refractivity contribution < 1.29 is 13.9 Å². The van der Waals surface area contributed by atoms with Crippen LogP contribution in [0.2, 0.25) is 5.02 Å². The zero-order valence-electron chi connectivity index (χ0n) is 14.4. The van der Waals surface area contributed by atoms with Gasteiger partial charge >= 0.3 is 0 Å². The molecule has 27 heavy (non-hydrogen) atoms. The van der Waals surface area contributed by atoms with Gasteiger partial charge < -0.3 is 14.6 Å². The first kappa shape index (κ1) is 18.7. The average molecular weight is 387 g/mol. The molecular weight excluding hydrogens is 371 g/mol. The predicted molar refractivity (Wildman–Crippen MR) is 102 cm³/mol. The second kappa shape index (κ2) is 8.05. The third kappa shape index (κ3) is 4.54. The molecule has 0 aliphatic carbocycles. The van der Waals surface area contributed by atoms with E-state index in [4.69, 9.17) is 16.3 Å². The van der Waals surface area contributed by atoms with E-state index in [-0.39, 0.29) is 10.6 Å². The Morgan fingerprint density at radius 1 is 1.15 bits per heavy atom. The third-order valence-electron chi connectivity index (χ3n) is 3.94. The average Bonchev–Trinajstić information content (AvgIpc) is 2.67. The molecule has 3 rings (SSSR count). The van der Waals surface area contributed by atoms with Crippen molar-refractivity contribution in [3.8, 4) is 5.75 Å². The van der Waals surface area contributed by atoms with Gasteiger partial charge in [-0.2, -0.15) is 0 Å². The Labute approximate surface area is 160 Å². The highest BCUT2D eigenvalue weighted by atomic mass is 35.5. The summed E-state index contributed by atoms with van der Waals surface area (Å²) in [5.41, 5.74) is 1.32. The highest BCUT2D eigenvalue weighted by Crippen LogP contribution is 2.20. The lowest BCUT2D eigenvalue weighted by atomic mass is 10.2. The van der Waals surface area contributed by atoms with Crippen LogP contribution in [0.4, 0.5) is 10.1 Å². The number of halogens is 2. The van der Waals surface area contributed by atoms with Crippen molar-refractivity contribution in [3.63, 3.8) is 0 Å². The molecule has 1 amide bonds. The van der Waals surface area contributed by atoms with Gasteiger partial charge in [-0.1, -0.05) is 23.7 Å². The van der Waals surface area contributed by atoms with Crippen LogP contribution in [0, 0.1) is 5.82 Å². The van der Waals surface area contributed by atoms with Gasteiger partial charge in [0.05, 0.1) is 24.2 Å². The maximum Gasteiger partial charge on any atom is 0.257 e. The summed E-state index contributed by atoms with van der Waals surface area (Å²) in [6.45, 7) is 0.312. The van der Waals surface area contributed by atoms with Crippen LogP contribution in [0.5, 0.6) is 5.75 Å². The smallest absolute Gasteiger partial charge is 0.257 e. The number of rotatable bonds is 5. The SMILES string of the molecule is COc1ccc(Cn2cc(C(=O)Nc3ccc(F)c(Cl)c3)ccc2=O)cc1. The number of hydrogen-bond acceptors (Lipinski definition) is 3.